The molecule has 2 heterocycles. The average Bonchev–Trinajstić information content (AvgIpc) is 3.05. The van der Waals surface area contributed by atoms with Crippen LogP contribution in [0, 0.1) is 0 Å². The molecule has 0 spiro atoms. The van der Waals surface area contributed by atoms with E-state index in [-0.39, 0.29) is 0 Å². The molecule has 0 amide bonds. The predicted octanol–water partition coefficient (Wildman–Crippen LogP) is 5.57. The fourth-order valence-electron chi connectivity index (χ4n) is 3.22. The number of azo groups is 1. The molecule has 2 rings (SSSR count). The number of piperidine rings is 1. The van der Waals surface area contributed by atoms with Crippen LogP contribution in [0.4, 0.5) is 5.82 Å². The highest BCUT2D eigenvalue weighted by molar-refractivity contribution is 6.13. The molecule has 1 unspecified atom stereocenters. The van der Waals surface area contributed by atoms with E-state index in [0.29, 0.717) is 12.7 Å². The second kappa shape index (κ2) is 11.3. The van der Waals surface area contributed by atoms with Crippen molar-refractivity contribution in [3.8, 4) is 0 Å². The van der Waals surface area contributed by atoms with Crippen LogP contribution in [0.2, 0.25) is 0 Å². The van der Waals surface area contributed by atoms with E-state index in [4.69, 9.17) is 11.8 Å². The van der Waals surface area contributed by atoms with Gasteiger partial charge in [0.2, 0.25) is 0 Å². The normalized spacial score (nSPS) is 19.7. The van der Waals surface area contributed by atoms with Crippen molar-refractivity contribution in [3.05, 3.63) is 18.3 Å². The molecule has 1 aromatic rings. The van der Waals surface area contributed by atoms with Gasteiger partial charge in [-0.1, -0.05) is 37.2 Å². The van der Waals surface area contributed by atoms with E-state index in [1.807, 2.05) is 22.9 Å². The summed E-state index contributed by atoms with van der Waals surface area (Å²) in [5, 5.41) is 12.6. The quantitative estimate of drug-likeness (QED) is 0.401. The summed E-state index contributed by atoms with van der Waals surface area (Å²) in [6.07, 6.45) is 11.0. The van der Waals surface area contributed by atoms with Gasteiger partial charge in [-0.2, -0.15) is 10.2 Å². The standard InChI is InChI=1S/C17H29ClN6/c1-2-3-4-6-11-23-12-7-5-9-16(23)14-19-21-17-10-8-13-24(17)15-20-22-18/h8,10,13,16H,2-7,9,11-12,14-15H2,1H3. The van der Waals surface area contributed by atoms with Crippen LogP contribution in [0.1, 0.15) is 51.9 Å². The smallest absolute Gasteiger partial charge is 0.156 e. The van der Waals surface area contributed by atoms with Gasteiger partial charge in [-0.15, -0.1) is 5.11 Å². The number of likely N-dealkylation sites (tertiary alicyclic amines) is 1. The van der Waals surface area contributed by atoms with Gasteiger partial charge in [0.1, 0.15) is 6.67 Å². The molecule has 1 aliphatic rings. The molecule has 1 saturated heterocycles. The Labute approximate surface area is 150 Å². The van der Waals surface area contributed by atoms with Gasteiger partial charge in [-0.25, -0.2) is 0 Å². The number of unbranched alkanes of at least 4 members (excludes halogenated alkanes) is 3. The van der Waals surface area contributed by atoms with Crippen LogP contribution in [0.5, 0.6) is 0 Å². The van der Waals surface area contributed by atoms with Gasteiger partial charge >= 0.3 is 0 Å². The highest BCUT2D eigenvalue weighted by atomic mass is 35.5. The maximum atomic E-state index is 5.24. The zero-order valence-electron chi connectivity index (χ0n) is 14.6. The van der Waals surface area contributed by atoms with Crippen LogP contribution in [0.25, 0.3) is 0 Å². The third-order valence-corrected chi connectivity index (χ3v) is 4.70. The van der Waals surface area contributed by atoms with Crippen LogP contribution in [0.3, 0.4) is 0 Å². The summed E-state index contributed by atoms with van der Waals surface area (Å²) in [7, 11) is 0. The zero-order valence-corrected chi connectivity index (χ0v) is 15.4. The van der Waals surface area contributed by atoms with Gasteiger partial charge < -0.3 is 4.57 Å². The zero-order chi connectivity index (χ0) is 17.0. The topological polar surface area (TPSA) is 57.6 Å². The minimum absolute atomic E-state index is 0.373. The lowest BCUT2D eigenvalue weighted by Crippen LogP contribution is -2.41. The van der Waals surface area contributed by atoms with Crippen LogP contribution < -0.4 is 0 Å². The number of aromatic nitrogens is 1. The van der Waals surface area contributed by atoms with Crippen molar-refractivity contribution in [1.82, 2.24) is 9.47 Å². The summed E-state index contributed by atoms with van der Waals surface area (Å²) in [5.41, 5.74) is 0. The van der Waals surface area contributed by atoms with Gasteiger partial charge in [-0.05, 0) is 44.5 Å². The monoisotopic (exact) mass is 352 g/mol. The predicted molar refractivity (Wildman–Crippen MR) is 97.9 cm³/mol. The van der Waals surface area contributed by atoms with E-state index in [0.717, 1.165) is 12.4 Å². The van der Waals surface area contributed by atoms with Gasteiger partial charge in [-0.3, -0.25) is 4.90 Å². The number of nitrogens with zero attached hydrogens (tertiary/aromatic N) is 6. The van der Waals surface area contributed by atoms with Crippen molar-refractivity contribution < 1.29 is 0 Å². The Balaban J connectivity index is 1.83. The number of hydrogen-bond donors (Lipinski definition) is 0. The molecule has 0 N–H and O–H groups in total. The molecule has 1 aliphatic heterocycles. The van der Waals surface area contributed by atoms with E-state index in [1.54, 1.807) is 0 Å². The fraction of sp³-hybridized carbons (Fsp3) is 0.765. The van der Waals surface area contributed by atoms with E-state index in [1.165, 1.54) is 58.0 Å². The van der Waals surface area contributed by atoms with Gasteiger partial charge in [0, 0.05) is 12.2 Å². The summed E-state index contributed by atoms with van der Waals surface area (Å²) < 4.78 is 5.13. The Hall–Kier alpha value is -1.27. The van der Waals surface area contributed by atoms with Crippen molar-refractivity contribution in [3.63, 3.8) is 0 Å². The minimum atomic E-state index is 0.373. The molecule has 0 bridgehead atoms. The Morgan fingerprint density at radius 3 is 2.96 bits per heavy atom. The Kier molecular flexibility index (Phi) is 8.98. The molecule has 0 aromatic carbocycles. The Morgan fingerprint density at radius 2 is 2.12 bits per heavy atom. The fourth-order valence-corrected chi connectivity index (χ4v) is 3.27. The van der Waals surface area contributed by atoms with E-state index in [2.05, 4.69) is 31.8 Å². The molecule has 134 valence electrons. The number of hydrogen-bond acceptors (Lipinski definition) is 5. The summed E-state index contributed by atoms with van der Waals surface area (Å²) in [5.74, 6) is 0.796. The van der Waals surface area contributed by atoms with Crippen LogP contribution in [-0.2, 0) is 6.67 Å². The molecule has 7 heteroatoms. The van der Waals surface area contributed by atoms with Crippen LogP contribution >= 0.6 is 11.8 Å². The van der Waals surface area contributed by atoms with Crippen molar-refractivity contribution in [2.75, 3.05) is 19.6 Å². The molecule has 1 aromatic heterocycles. The van der Waals surface area contributed by atoms with Crippen molar-refractivity contribution in [2.45, 2.75) is 64.6 Å². The summed E-state index contributed by atoms with van der Waals surface area (Å²) in [4.78, 5) is 2.61. The molecular weight excluding hydrogens is 324 g/mol. The van der Waals surface area contributed by atoms with E-state index in [9.17, 15) is 0 Å². The molecule has 0 radical (unpaired) electrons. The number of halogens is 1. The summed E-state index contributed by atoms with van der Waals surface area (Å²) in [6.45, 7) is 5.81. The molecule has 1 atom stereocenters. The second-order valence-corrected chi connectivity index (χ2v) is 6.52. The lowest BCUT2D eigenvalue weighted by atomic mass is 10.0. The molecule has 1 fully saturated rings. The second-order valence-electron chi connectivity index (χ2n) is 6.36. The molecule has 0 saturated carbocycles. The third kappa shape index (κ3) is 6.32. The first-order chi connectivity index (χ1) is 11.8. The highest BCUT2D eigenvalue weighted by Gasteiger charge is 2.21. The maximum Gasteiger partial charge on any atom is 0.156 e. The SMILES string of the molecule is CCCCCCN1CCCCC1CN=Nc1cccn1CN=NCl. The summed E-state index contributed by atoms with van der Waals surface area (Å²) in [6, 6.07) is 4.39. The van der Waals surface area contributed by atoms with Crippen molar-refractivity contribution >= 4 is 17.6 Å². The molecule has 6 nitrogen and oxygen atoms in total. The third-order valence-electron chi connectivity index (χ3n) is 4.59. The minimum Gasteiger partial charge on any atom is -0.309 e. The van der Waals surface area contributed by atoms with Crippen LogP contribution in [0.15, 0.2) is 38.3 Å². The average molecular weight is 353 g/mol. The van der Waals surface area contributed by atoms with Gasteiger partial charge in [0.15, 0.2) is 5.82 Å². The molecule has 0 aliphatic carbocycles. The molecular formula is C17H29ClN6. The van der Waals surface area contributed by atoms with Gasteiger partial charge in [0.05, 0.1) is 18.3 Å². The lowest BCUT2D eigenvalue weighted by Gasteiger charge is -2.34. The first-order valence-corrected chi connectivity index (χ1v) is 9.43. The van der Waals surface area contributed by atoms with Crippen molar-refractivity contribution in [2.24, 2.45) is 20.0 Å². The maximum absolute atomic E-state index is 5.24. The molecule has 24 heavy (non-hydrogen) atoms. The lowest BCUT2D eigenvalue weighted by molar-refractivity contribution is 0.149. The van der Waals surface area contributed by atoms with E-state index >= 15 is 0 Å². The van der Waals surface area contributed by atoms with Gasteiger partial charge in [0.25, 0.3) is 0 Å². The van der Waals surface area contributed by atoms with Crippen molar-refractivity contribution in [1.29, 1.82) is 0 Å². The largest absolute Gasteiger partial charge is 0.309 e. The Bertz CT molecular complexity index is 513. The van der Waals surface area contributed by atoms with Crippen LogP contribution in [-0.4, -0.2) is 35.1 Å². The first kappa shape index (κ1) is 19.1. The Morgan fingerprint density at radius 1 is 1.21 bits per heavy atom. The van der Waals surface area contributed by atoms with E-state index < -0.39 is 0 Å². The highest BCUT2D eigenvalue weighted by Crippen LogP contribution is 2.20. The first-order valence-electron chi connectivity index (χ1n) is 9.09. The number of rotatable bonds is 10. The summed E-state index contributed by atoms with van der Waals surface area (Å²) >= 11 is 5.24.